The minimum absolute atomic E-state index is 0.110. The molecule has 0 spiro atoms. The molecule has 5 rings (SSSR count). The molecule has 2 amide bonds. The van der Waals surface area contributed by atoms with Crippen LogP contribution in [0.15, 0.2) is 81.4 Å². The molecule has 0 atom stereocenters. The van der Waals surface area contributed by atoms with Crippen LogP contribution >= 0.6 is 47.3 Å². The Morgan fingerprint density at radius 3 is 2.60 bits per heavy atom. The lowest BCUT2D eigenvalue weighted by Gasteiger charge is -2.31. The average Bonchev–Trinajstić information content (AvgIpc) is 3.13. The molecule has 0 aromatic heterocycles. The van der Waals surface area contributed by atoms with Crippen molar-refractivity contribution in [3.8, 4) is 5.75 Å². The van der Waals surface area contributed by atoms with Crippen molar-refractivity contribution in [3.05, 3.63) is 82.2 Å². The molecule has 2 heterocycles. The summed E-state index contributed by atoms with van der Waals surface area (Å²) in [4.78, 5) is 32.2. The van der Waals surface area contributed by atoms with Gasteiger partial charge in [-0.2, -0.15) is 0 Å². The van der Waals surface area contributed by atoms with Gasteiger partial charge in [-0.25, -0.2) is 0 Å². The fourth-order valence-corrected chi connectivity index (χ4v) is 6.44. The van der Waals surface area contributed by atoms with Crippen molar-refractivity contribution < 1.29 is 14.3 Å². The second kappa shape index (κ2) is 10.1. The van der Waals surface area contributed by atoms with E-state index in [0.29, 0.717) is 20.0 Å². The van der Waals surface area contributed by atoms with Crippen LogP contribution in [0, 0.1) is 0 Å². The third-order valence-corrected chi connectivity index (χ3v) is 8.33. The van der Waals surface area contributed by atoms with E-state index >= 15 is 0 Å². The van der Waals surface area contributed by atoms with Crippen LogP contribution in [0.3, 0.4) is 0 Å². The van der Waals surface area contributed by atoms with Gasteiger partial charge in [0.15, 0.2) is 0 Å². The van der Waals surface area contributed by atoms with E-state index in [1.165, 1.54) is 16.7 Å². The molecule has 35 heavy (non-hydrogen) atoms. The molecule has 3 aromatic carbocycles. The Hall–Kier alpha value is -2.78. The first kappa shape index (κ1) is 23.9. The Kier molecular flexibility index (Phi) is 6.88. The monoisotopic (exact) mass is 538 g/mol. The van der Waals surface area contributed by atoms with Gasteiger partial charge in [0, 0.05) is 33.3 Å². The topological polar surface area (TPSA) is 49.9 Å². The number of thiocarbonyl (C=S) groups is 1. The van der Waals surface area contributed by atoms with Gasteiger partial charge in [0.1, 0.15) is 10.1 Å². The van der Waals surface area contributed by atoms with Crippen LogP contribution in [-0.2, 0) is 9.59 Å². The molecule has 0 aliphatic carbocycles. The molecule has 9 heteroatoms. The zero-order valence-corrected chi connectivity index (χ0v) is 21.8. The third kappa shape index (κ3) is 4.71. The van der Waals surface area contributed by atoms with Gasteiger partial charge in [-0.1, -0.05) is 77.7 Å². The summed E-state index contributed by atoms with van der Waals surface area (Å²) in [5.41, 5.74) is 2.34. The highest BCUT2D eigenvalue weighted by atomic mass is 35.5. The van der Waals surface area contributed by atoms with Crippen molar-refractivity contribution in [2.45, 2.75) is 16.2 Å². The first-order valence-electron chi connectivity index (χ1n) is 10.7. The van der Waals surface area contributed by atoms with Crippen LogP contribution < -0.4 is 9.64 Å². The highest BCUT2D eigenvalue weighted by molar-refractivity contribution is 8.26. The minimum Gasteiger partial charge on any atom is -0.496 e. The Labute approximate surface area is 222 Å². The maximum atomic E-state index is 13.5. The molecule has 0 N–H and O–H groups in total. The third-order valence-electron chi connectivity index (χ3n) is 5.59. The Bertz CT molecular complexity index is 1390. The van der Waals surface area contributed by atoms with Gasteiger partial charge in [-0.15, -0.1) is 0 Å². The van der Waals surface area contributed by atoms with E-state index in [2.05, 4.69) is 0 Å². The highest BCUT2D eigenvalue weighted by Crippen LogP contribution is 2.49. The van der Waals surface area contributed by atoms with Crippen LogP contribution in [0.5, 0.6) is 5.75 Å². The lowest BCUT2D eigenvalue weighted by atomic mass is 10.2. The van der Waals surface area contributed by atoms with Crippen LogP contribution in [-0.4, -0.2) is 34.7 Å². The first-order chi connectivity index (χ1) is 17.0. The molecule has 2 aliphatic rings. The second-order valence-corrected chi connectivity index (χ2v) is 10.9. The first-order valence-corrected chi connectivity index (χ1v) is 13.2. The van der Waals surface area contributed by atoms with Crippen LogP contribution in [0.25, 0.3) is 6.08 Å². The number of ether oxygens (including phenoxy) is 1. The Morgan fingerprint density at radius 1 is 1.03 bits per heavy atom. The van der Waals surface area contributed by atoms with E-state index in [4.69, 9.17) is 28.6 Å². The number of hydrogen-bond donors (Lipinski definition) is 0. The van der Waals surface area contributed by atoms with Gasteiger partial charge in [-0.3, -0.25) is 19.4 Å². The Morgan fingerprint density at radius 2 is 1.77 bits per heavy atom. The van der Waals surface area contributed by atoms with Crippen LogP contribution in [0.2, 0.25) is 5.02 Å². The van der Waals surface area contributed by atoms with Gasteiger partial charge in [-0.05, 0) is 42.5 Å². The Balaban J connectivity index is 1.37. The predicted molar refractivity (Wildman–Crippen MR) is 147 cm³/mol. The summed E-state index contributed by atoms with van der Waals surface area (Å²) >= 11 is 14.6. The van der Waals surface area contributed by atoms with E-state index in [1.54, 1.807) is 35.9 Å². The maximum Gasteiger partial charge on any atom is 0.266 e. The molecule has 5 nitrogen and oxygen atoms in total. The standard InChI is InChI=1S/C26H19ClN2O3S3/c1-32-20-8-4-2-6-16(20)14-23-25(31)28(26(33)35-23)13-12-24(30)29-18-7-3-5-9-21(18)34-22-11-10-17(27)15-19(22)29/h2-11,14-15H,12-13H2,1H3/b23-14+. The normalized spacial score (nSPS) is 15.9. The molecule has 0 bridgehead atoms. The number of methoxy groups -OCH3 is 1. The van der Waals surface area contributed by atoms with E-state index in [1.807, 2.05) is 60.7 Å². The molecular formula is C26H19ClN2O3S3. The second-order valence-electron chi connectivity index (χ2n) is 7.74. The summed E-state index contributed by atoms with van der Waals surface area (Å²) in [5.74, 6) is 0.327. The zero-order chi connectivity index (χ0) is 24.5. The van der Waals surface area contributed by atoms with Gasteiger partial charge in [0.25, 0.3) is 5.91 Å². The number of halogens is 1. The van der Waals surface area contributed by atoms with E-state index in [0.717, 1.165) is 26.7 Å². The number of para-hydroxylation sites is 2. The van der Waals surface area contributed by atoms with Crippen molar-refractivity contribution in [1.29, 1.82) is 0 Å². The summed E-state index contributed by atoms with van der Waals surface area (Å²) in [5, 5.41) is 0.556. The van der Waals surface area contributed by atoms with E-state index in [9.17, 15) is 9.59 Å². The molecule has 1 fully saturated rings. The molecule has 0 radical (unpaired) electrons. The van der Waals surface area contributed by atoms with Crippen LogP contribution in [0.4, 0.5) is 11.4 Å². The van der Waals surface area contributed by atoms with Crippen molar-refractivity contribution in [3.63, 3.8) is 0 Å². The van der Waals surface area contributed by atoms with Crippen molar-refractivity contribution in [1.82, 2.24) is 4.90 Å². The summed E-state index contributed by atoms with van der Waals surface area (Å²) < 4.78 is 5.82. The smallest absolute Gasteiger partial charge is 0.266 e. The largest absolute Gasteiger partial charge is 0.496 e. The lowest BCUT2D eigenvalue weighted by Crippen LogP contribution is -2.35. The summed E-state index contributed by atoms with van der Waals surface area (Å²) in [6.07, 6.45) is 1.88. The molecule has 2 aliphatic heterocycles. The number of amides is 2. The molecule has 176 valence electrons. The number of nitrogens with zero attached hydrogens (tertiary/aromatic N) is 2. The van der Waals surface area contributed by atoms with Gasteiger partial charge < -0.3 is 4.74 Å². The van der Waals surface area contributed by atoms with Crippen LogP contribution in [0.1, 0.15) is 12.0 Å². The van der Waals surface area contributed by atoms with Gasteiger partial charge >= 0.3 is 0 Å². The fraction of sp³-hybridized carbons (Fsp3) is 0.115. The number of carbonyl (C=O) groups excluding carboxylic acids is 2. The average molecular weight is 539 g/mol. The van der Waals surface area contributed by atoms with E-state index < -0.39 is 0 Å². The lowest BCUT2D eigenvalue weighted by molar-refractivity contribution is -0.123. The summed E-state index contributed by atoms with van der Waals surface area (Å²) in [6.45, 7) is 0.189. The number of thioether (sulfide) groups is 1. The zero-order valence-electron chi connectivity index (χ0n) is 18.6. The quantitative estimate of drug-likeness (QED) is 0.264. The van der Waals surface area contributed by atoms with E-state index in [-0.39, 0.29) is 24.8 Å². The van der Waals surface area contributed by atoms with Crippen molar-refractivity contribution in [2.75, 3.05) is 18.6 Å². The number of anilines is 2. The molecule has 3 aromatic rings. The summed E-state index contributed by atoms with van der Waals surface area (Å²) in [7, 11) is 1.59. The summed E-state index contributed by atoms with van der Waals surface area (Å²) in [6, 6.07) is 20.8. The van der Waals surface area contributed by atoms with Gasteiger partial charge in [0.2, 0.25) is 5.91 Å². The number of carbonyl (C=O) groups is 2. The number of hydrogen-bond acceptors (Lipinski definition) is 6. The van der Waals surface area contributed by atoms with Gasteiger partial charge in [0.05, 0.1) is 23.4 Å². The molecule has 0 saturated carbocycles. The number of fused-ring (bicyclic) bond motifs is 2. The predicted octanol–water partition coefficient (Wildman–Crippen LogP) is 6.77. The SMILES string of the molecule is COc1ccccc1/C=C1/SC(=S)N(CCC(=O)N2c3ccccc3Sc3ccc(Cl)cc32)C1=O. The minimum atomic E-state index is -0.211. The molecule has 1 saturated heterocycles. The number of benzene rings is 3. The van der Waals surface area contributed by atoms with Crippen molar-refractivity contribution >= 4 is 80.9 Å². The maximum absolute atomic E-state index is 13.5. The van der Waals surface area contributed by atoms with Crippen molar-refractivity contribution in [2.24, 2.45) is 0 Å². The molecule has 0 unspecified atom stereocenters. The highest BCUT2D eigenvalue weighted by Gasteiger charge is 2.34. The fourth-order valence-electron chi connectivity index (χ4n) is 3.94. The number of rotatable bonds is 5. The molecular weight excluding hydrogens is 520 g/mol.